The number of hydrogen-bond donors (Lipinski definition) is 1. The molecule has 0 fully saturated rings. The zero-order valence-electron chi connectivity index (χ0n) is 14.8. The summed E-state index contributed by atoms with van der Waals surface area (Å²) in [6.07, 6.45) is 4.02. The second-order valence-corrected chi connectivity index (χ2v) is 5.81. The standard InChI is InChI=1S/C19H23N5O/c1-20-19(23(2)13-15-7-6-8-17(11-15)25-3)21-12-16-14-24-10-5-4-9-18(24)22-16/h4-11,14H,12-13H2,1-3H3,(H,20,21). The Kier molecular flexibility index (Phi) is 5.18. The lowest BCUT2D eigenvalue weighted by Crippen LogP contribution is -2.38. The Bertz CT molecular complexity index is 838. The van der Waals surface area contributed by atoms with Crippen LogP contribution in [-0.2, 0) is 13.1 Å². The van der Waals surface area contributed by atoms with Crippen LogP contribution in [0.2, 0.25) is 0 Å². The molecular weight excluding hydrogens is 314 g/mol. The second kappa shape index (κ2) is 7.70. The monoisotopic (exact) mass is 337 g/mol. The zero-order valence-corrected chi connectivity index (χ0v) is 14.8. The number of imidazole rings is 1. The number of aromatic nitrogens is 2. The van der Waals surface area contributed by atoms with Gasteiger partial charge in [-0.2, -0.15) is 0 Å². The van der Waals surface area contributed by atoms with Gasteiger partial charge in [0, 0.05) is 33.0 Å². The van der Waals surface area contributed by atoms with E-state index < -0.39 is 0 Å². The molecule has 0 aliphatic heterocycles. The quantitative estimate of drug-likeness (QED) is 0.574. The van der Waals surface area contributed by atoms with Crippen molar-refractivity contribution in [3.8, 4) is 5.75 Å². The van der Waals surface area contributed by atoms with Gasteiger partial charge in [0.15, 0.2) is 5.96 Å². The number of benzene rings is 1. The Balaban J connectivity index is 1.63. The first kappa shape index (κ1) is 16.8. The third-order valence-electron chi connectivity index (χ3n) is 3.97. The minimum Gasteiger partial charge on any atom is -0.497 e. The Morgan fingerprint density at radius 3 is 2.92 bits per heavy atom. The van der Waals surface area contributed by atoms with E-state index in [9.17, 15) is 0 Å². The van der Waals surface area contributed by atoms with E-state index in [4.69, 9.17) is 4.74 Å². The molecule has 0 saturated heterocycles. The van der Waals surface area contributed by atoms with E-state index in [0.717, 1.165) is 35.2 Å². The van der Waals surface area contributed by atoms with Crippen LogP contribution in [-0.4, -0.2) is 41.4 Å². The van der Waals surface area contributed by atoms with Crippen molar-refractivity contribution in [2.45, 2.75) is 13.1 Å². The number of nitrogens with one attached hydrogen (secondary N) is 1. The van der Waals surface area contributed by atoms with E-state index >= 15 is 0 Å². The zero-order chi connectivity index (χ0) is 17.6. The average molecular weight is 337 g/mol. The summed E-state index contributed by atoms with van der Waals surface area (Å²) in [4.78, 5) is 11.0. The molecular formula is C19H23N5O. The van der Waals surface area contributed by atoms with Crippen molar-refractivity contribution in [3.63, 3.8) is 0 Å². The van der Waals surface area contributed by atoms with Gasteiger partial charge in [-0.15, -0.1) is 0 Å². The Labute approximate surface area is 147 Å². The number of rotatable bonds is 5. The first-order valence-corrected chi connectivity index (χ1v) is 8.17. The maximum atomic E-state index is 5.28. The molecule has 0 unspecified atom stereocenters. The number of pyridine rings is 1. The molecule has 0 amide bonds. The minimum absolute atomic E-state index is 0.622. The summed E-state index contributed by atoms with van der Waals surface area (Å²) in [6.45, 7) is 1.36. The van der Waals surface area contributed by atoms with Gasteiger partial charge in [-0.1, -0.05) is 18.2 Å². The lowest BCUT2D eigenvalue weighted by atomic mass is 10.2. The summed E-state index contributed by atoms with van der Waals surface area (Å²) in [5.41, 5.74) is 3.08. The van der Waals surface area contributed by atoms with E-state index in [1.165, 1.54) is 0 Å². The molecule has 0 saturated carbocycles. The largest absolute Gasteiger partial charge is 0.497 e. The van der Waals surface area contributed by atoms with Crippen LogP contribution in [0.5, 0.6) is 5.75 Å². The number of fused-ring (bicyclic) bond motifs is 1. The van der Waals surface area contributed by atoms with Gasteiger partial charge >= 0.3 is 0 Å². The van der Waals surface area contributed by atoms with Gasteiger partial charge in [0.1, 0.15) is 11.4 Å². The van der Waals surface area contributed by atoms with Crippen molar-refractivity contribution in [2.75, 3.05) is 21.2 Å². The van der Waals surface area contributed by atoms with Crippen LogP contribution in [0.15, 0.2) is 59.9 Å². The molecule has 0 aliphatic rings. The van der Waals surface area contributed by atoms with Crippen molar-refractivity contribution in [1.82, 2.24) is 19.6 Å². The van der Waals surface area contributed by atoms with Gasteiger partial charge in [-0.05, 0) is 29.8 Å². The van der Waals surface area contributed by atoms with Crippen LogP contribution in [0.4, 0.5) is 0 Å². The van der Waals surface area contributed by atoms with E-state index in [1.807, 2.05) is 60.2 Å². The van der Waals surface area contributed by atoms with Gasteiger partial charge < -0.3 is 19.4 Å². The second-order valence-electron chi connectivity index (χ2n) is 5.81. The van der Waals surface area contributed by atoms with Crippen molar-refractivity contribution < 1.29 is 4.74 Å². The van der Waals surface area contributed by atoms with Crippen LogP contribution in [0, 0.1) is 0 Å². The molecule has 130 valence electrons. The van der Waals surface area contributed by atoms with E-state index in [-0.39, 0.29) is 0 Å². The summed E-state index contributed by atoms with van der Waals surface area (Å²) in [5, 5.41) is 3.36. The first-order chi connectivity index (χ1) is 12.2. The van der Waals surface area contributed by atoms with Crippen molar-refractivity contribution in [1.29, 1.82) is 0 Å². The minimum atomic E-state index is 0.622. The van der Waals surface area contributed by atoms with E-state index in [1.54, 1.807) is 14.2 Å². The highest BCUT2D eigenvalue weighted by molar-refractivity contribution is 5.79. The van der Waals surface area contributed by atoms with Crippen molar-refractivity contribution >= 4 is 11.6 Å². The molecule has 25 heavy (non-hydrogen) atoms. The highest BCUT2D eigenvalue weighted by Crippen LogP contribution is 2.14. The van der Waals surface area contributed by atoms with E-state index in [0.29, 0.717) is 6.54 Å². The maximum absolute atomic E-state index is 5.28. The SMILES string of the molecule is CN=C(NCc1cn2ccccc2n1)N(C)Cc1cccc(OC)c1. The van der Waals surface area contributed by atoms with Gasteiger partial charge in [-0.3, -0.25) is 4.99 Å². The molecule has 0 bridgehead atoms. The normalized spacial score (nSPS) is 11.6. The summed E-state index contributed by atoms with van der Waals surface area (Å²) in [6, 6.07) is 14.0. The summed E-state index contributed by atoms with van der Waals surface area (Å²) in [5.74, 6) is 1.68. The fourth-order valence-electron chi connectivity index (χ4n) is 2.75. The van der Waals surface area contributed by atoms with Crippen LogP contribution in [0.3, 0.4) is 0 Å². The van der Waals surface area contributed by atoms with Crippen molar-refractivity contribution in [2.24, 2.45) is 4.99 Å². The molecule has 1 N–H and O–H groups in total. The lowest BCUT2D eigenvalue weighted by Gasteiger charge is -2.22. The molecule has 3 rings (SSSR count). The summed E-state index contributed by atoms with van der Waals surface area (Å²) in [7, 11) is 5.48. The predicted molar refractivity (Wildman–Crippen MR) is 99.9 cm³/mol. The number of guanidine groups is 1. The molecule has 0 spiro atoms. The molecule has 0 atom stereocenters. The summed E-state index contributed by atoms with van der Waals surface area (Å²) < 4.78 is 7.30. The fraction of sp³-hybridized carbons (Fsp3) is 0.263. The number of ether oxygens (including phenoxy) is 1. The van der Waals surface area contributed by atoms with Gasteiger partial charge in [0.25, 0.3) is 0 Å². The van der Waals surface area contributed by atoms with Crippen molar-refractivity contribution in [3.05, 3.63) is 66.1 Å². The van der Waals surface area contributed by atoms with Crippen LogP contribution in [0.1, 0.15) is 11.3 Å². The first-order valence-electron chi connectivity index (χ1n) is 8.17. The number of aliphatic imine (C=N–C) groups is 1. The smallest absolute Gasteiger partial charge is 0.194 e. The number of hydrogen-bond acceptors (Lipinski definition) is 3. The highest BCUT2D eigenvalue weighted by atomic mass is 16.5. The fourth-order valence-corrected chi connectivity index (χ4v) is 2.75. The predicted octanol–water partition coefficient (Wildman–Crippen LogP) is 2.55. The molecule has 1 aromatic carbocycles. The van der Waals surface area contributed by atoms with Crippen LogP contribution < -0.4 is 10.1 Å². The Morgan fingerprint density at radius 1 is 1.28 bits per heavy atom. The topological polar surface area (TPSA) is 54.2 Å². The third kappa shape index (κ3) is 4.09. The molecule has 3 aromatic rings. The van der Waals surface area contributed by atoms with Gasteiger partial charge in [-0.25, -0.2) is 4.98 Å². The summed E-state index contributed by atoms with van der Waals surface area (Å²) >= 11 is 0. The number of nitrogens with zero attached hydrogens (tertiary/aromatic N) is 4. The molecule has 2 aromatic heterocycles. The highest BCUT2D eigenvalue weighted by Gasteiger charge is 2.08. The molecule has 6 heteroatoms. The number of methoxy groups -OCH3 is 1. The van der Waals surface area contributed by atoms with Crippen LogP contribution in [0.25, 0.3) is 5.65 Å². The average Bonchev–Trinajstić information content (AvgIpc) is 3.05. The molecule has 2 heterocycles. The Morgan fingerprint density at radius 2 is 2.16 bits per heavy atom. The van der Waals surface area contributed by atoms with Gasteiger partial charge in [0.2, 0.25) is 0 Å². The maximum Gasteiger partial charge on any atom is 0.194 e. The molecule has 0 radical (unpaired) electrons. The van der Waals surface area contributed by atoms with E-state index in [2.05, 4.69) is 26.3 Å². The Hall–Kier alpha value is -3.02. The van der Waals surface area contributed by atoms with Gasteiger partial charge in [0.05, 0.1) is 19.3 Å². The molecule has 0 aliphatic carbocycles. The molecule has 6 nitrogen and oxygen atoms in total. The van der Waals surface area contributed by atoms with Crippen LogP contribution >= 0.6 is 0 Å². The third-order valence-corrected chi connectivity index (χ3v) is 3.97. The lowest BCUT2D eigenvalue weighted by molar-refractivity contribution is 0.412.